The third-order valence-corrected chi connectivity index (χ3v) is 10.5. The summed E-state index contributed by atoms with van der Waals surface area (Å²) < 4.78 is 7.32. The molecule has 3 aromatic heterocycles. The van der Waals surface area contributed by atoms with Gasteiger partial charge < -0.3 is 29.5 Å². The summed E-state index contributed by atoms with van der Waals surface area (Å²) in [5.74, 6) is -0.114. The van der Waals surface area contributed by atoms with E-state index in [4.69, 9.17) is 9.84 Å². The van der Waals surface area contributed by atoms with Crippen molar-refractivity contribution in [2.75, 3.05) is 44.3 Å². The molecule has 14 nitrogen and oxygen atoms in total. The van der Waals surface area contributed by atoms with Crippen LogP contribution >= 0.6 is 0 Å². The number of rotatable bonds is 8. The maximum absolute atomic E-state index is 14.2. The molecule has 2 amide bonds. The Morgan fingerprint density at radius 2 is 1.85 bits per heavy atom. The molecule has 3 saturated carbocycles. The number of hydrogen-bond acceptors (Lipinski definition) is 10. The van der Waals surface area contributed by atoms with Crippen molar-refractivity contribution in [2.45, 2.75) is 71.9 Å². The predicted molar refractivity (Wildman–Crippen MR) is 169 cm³/mol. The Bertz CT molecular complexity index is 1800. The van der Waals surface area contributed by atoms with E-state index in [-0.39, 0.29) is 46.3 Å². The van der Waals surface area contributed by atoms with Crippen LogP contribution in [0.2, 0.25) is 0 Å². The molecule has 4 fully saturated rings. The smallest absolute Gasteiger partial charge is 0.276 e. The minimum absolute atomic E-state index is 0.0228. The Morgan fingerprint density at radius 3 is 2.50 bits per heavy atom. The average molecular weight is 632 g/mol. The van der Waals surface area contributed by atoms with Crippen LogP contribution < -0.4 is 15.6 Å². The molecular formula is C32H41N9O5. The fourth-order valence-corrected chi connectivity index (χ4v) is 7.81. The van der Waals surface area contributed by atoms with Gasteiger partial charge in [0.05, 0.1) is 24.6 Å². The van der Waals surface area contributed by atoms with Crippen molar-refractivity contribution in [1.29, 1.82) is 0 Å². The molecule has 2 aliphatic heterocycles. The SMILES string of the molecule is CCc1c(N2CCN(C(=O)c3ncnc(C)c3O)CC2)c(=O)c2nn(C3=CCOCC3)nc2n1CC(=O)NC12CC(C(C)C)(C1)C2. The van der Waals surface area contributed by atoms with Crippen LogP contribution in [0.25, 0.3) is 16.9 Å². The number of amides is 2. The molecule has 0 spiro atoms. The Balaban J connectivity index is 1.20. The zero-order valence-corrected chi connectivity index (χ0v) is 26.9. The number of hydrogen-bond donors (Lipinski definition) is 2. The van der Waals surface area contributed by atoms with Gasteiger partial charge in [0.15, 0.2) is 22.6 Å². The number of aromatic hydroxyl groups is 1. The first-order valence-electron chi connectivity index (χ1n) is 16.2. The molecule has 2 N–H and O–H groups in total. The highest BCUT2D eigenvalue weighted by atomic mass is 16.5. The Morgan fingerprint density at radius 1 is 1.11 bits per heavy atom. The molecule has 3 aliphatic carbocycles. The molecule has 0 atom stereocenters. The number of pyridine rings is 1. The van der Waals surface area contributed by atoms with Gasteiger partial charge in [-0.05, 0) is 50.0 Å². The predicted octanol–water partition coefficient (Wildman–Crippen LogP) is 1.88. The van der Waals surface area contributed by atoms with Crippen LogP contribution in [0.1, 0.15) is 68.3 Å². The minimum Gasteiger partial charge on any atom is -0.504 e. The van der Waals surface area contributed by atoms with E-state index in [0.717, 1.165) is 25.0 Å². The maximum atomic E-state index is 14.2. The van der Waals surface area contributed by atoms with E-state index in [2.05, 4.69) is 34.2 Å². The van der Waals surface area contributed by atoms with Crippen LogP contribution in [0.3, 0.4) is 0 Å². The second-order valence-electron chi connectivity index (χ2n) is 13.6. The largest absolute Gasteiger partial charge is 0.504 e. The number of nitrogens with zero attached hydrogens (tertiary/aromatic N) is 8. The van der Waals surface area contributed by atoms with Gasteiger partial charge in [-0.3, -0.25) is 14.4 Å². The van der Waals surface area contributed by atoms with Crippen LogP contribution in [0.4, 0.5) is 5.69 Å². The Kier molecular flexibility index (Phi) is 7.37. The third-order valence-electron chi connectivity index (χ3n) is 10.5. The van der Waals surface area contributed by atoms with Gasteiger partial charge in [0, 0.05) is 43.8 Å². The number of fused-ring (bicyclic) bond motifs is 1. The van der Waals surface area contributed by atoms with Gasteiger partial charge in [-0.1, -0.05) is 20.8 Å². The molecule has 46 heavy (non-hydrogen) atoms. The van der Waals surface area contributed by atoms with Gasteiger partial charge in [-0.25, -0.2) is 9.97 Å². The summed E-state index contributed by atoms with van der Waals surface area (Å²) in [7, 11) is 0. The van der Waals surface area contributed by atoms with Gasteiger partial charge in [-0.15, -0.1) is 10.2 Å². The van der Waals surface area contributed by atoms with Crippen molar-refractivity contribution in [3.05, 3.63) is 39.7 Å². The van der Waals surface area contributed by atoms with Crippen molar-refractivity contribution in [3.8, 4) is 5.75 Å². The number of aromatic nitrogens is 6. The van der Waals surface area contributed by atoms with Crippen molar-refractivity contribution in [2.24, 2.45) is 11.3 Å². The molecular weight excluding hydrogens is 590 g/mol. The standard InChI is InChI=1S/C32H41N9O5/c1-5-22-26(38-8-10-39(11-9-38)30(45)25-27(43)20(4)33-18-34-25)28(44)24-29(37-41(36-24)21-6-12-46-13-7-21)40(22)14-23(42)35-32-15-31(16-32,17-32)19(2)3/h6,18-19,43H,5,7-17H2,1-4H3,(H,35,42). The second-order valence-corrected chi connectivity index (χ2v) is 13.6. The van der Waals surface area contributed by atoms with Crippen molar-refractivity contribution >= 4 is 34.4 Å². The first-order valence-corrected chi connectivity index (χ1v) is 16.2. The summed E-state index contributed by atoms with van der Waals surface area (Å²) in [6.45, 7) is 10.5. The van der Waals surface area contributed by atoms with Crippen LogP contribution in [0.15, 0.2) is 17.2 Å². The van der Waals surface area contributed by atoms with Crippen LogP contribution in [0, 0.1) is 18.3 Å². The summed E-state index contributed by atoms with van der Waals surface area (Å²) in [4.78, 5) is 54.1. The van der Waals surface area contributed by atoms with Crippen molar-refractivity contribution in [3.63, 3.8) is 0 Å². The highest BCUT2D eigenvalue weighted by Gasteiger charge is 2.69. The summed E-state index contributed by atoms with van der Waals surface area (Å²) in [5, 5.41) is 23.1. The normalized spacial score (nSPS) is 24.1. The zero-order valence-electron chi connectivity index (χ0n) is 26.9. The Hall–Kier alpha value is -4.33. The fourth-order valence-electron chi connectivity index (χ4n) is 7.81. The number of carbonyl (C=O) groups excluding carboxylic acids is 2. The molecule has 5 aliphatic rings. The lowest BCUT2D eigenvalue weighted by atomic mass is 9.36. The highest BCUT2D eigenvalue weighted by molar-refractivity contribution is 5.95. The van der Waals surface area contributed by atoms with E-state index in [1.807, 2.05) is 22.5 Å². The molecule has 8 rings (SSSR count). The molecule has 244 valence electrons. The maximum Gasteiger partial charge on any atom is 0.276 e. The van der Waals surface area contributed by atoms with E-state index >= 15 is 0 Å². The molecule has 2 bridgehead atoms. The monoisotopic (exact) mass is 631 g/mol. The molecule has 5 heterocycles. The molecule has 0 aromatic carbocycles. The molecule has 1 saturated heterocycles. The van der Waals surface area contributed by atoms with Gasteiger partial charge in [0.2, 0.25) is 11.3 Å². The number of piperazine rings is 1. The second kappa shape index (κ2) is 11.2. The first-order chi connectivity index (χ1) is 22.0. The first kappa shape index (κ1) is 30.3. The fraction of sp³-hybridized carbons (Fsp3) is 0.594. The van der Waals surface area contributed by atoms with E-state index in [1.54, 1.807) is 11.8 Å². The molecule has 3 aromatic rings. The van der Waals surface area contributed by atoms with Gasteiger partial charge >= 0.3 is 0 Å². The van der Waals surface area contributed by atoms with E-state index in [9.17, 15) is 19.5 Å². The lowest BCUT2D eigenvalue weighted by Crippen LogP contribution is -2.76. The van der Waals surface area contributed by atoms with Crippen LogP contribution in [-0.2, 0) is 22.5 Å². The minimum atomic E-state index is -0.386. The average Bonchev–Trinajstić information content (AvgIpc) is 3.47. The van der Waals surface area contributed by atoms with Gasteiger partial charge in [0.25, 0.3) is 5.91 Å². The molecule has 14 heteroatoms. The zero-order chi connectivity index (χ0) is 32.4. The Labute approximate surface area is 266 Å². The number of ether oxygens (including phenoxy) is 1. The van der Waals surface area contributed by atoms with E-state index in [0.29, 0.717) is 86.3 Å². The quantitative estimate of drug-likeness (QED) is 0.376. The number of nitrogens with one attached hydrogen (secondary N) is 1. The number of anilines is 1. The summed E-state index contributed by atoms with van der Waals surface area (Å²) in [6, 6.07) is 0. The summed E-state index contributed by atoms with van der Waals surface area (Å²) in [5.41, 5.74) is 2.91. The van der Waals surface area contributed by atoms with Gasteiger partial charge in [-0.2, -0.15) is 4.80 Å². The molecule has 0 radical (unpaired) electrons. The summed E-state index contributed by atoms with van der Waals surface area (Å²) in [6.07, 6.45) is 7.31. The van der Waals surface area contributed by atoms with Gasteiger partial charge in [0.1, 0.15) is 18.6 Å². The van der Waals surface area contributed by atoms with E-state index in [1.165, 1.54) is 11.1 Å². The number of carbonyl (C=O) groups is 2. The van der Waals surface area contributed by atoms with Crippen LogP contribution in [0.5, 0.6) is 5.75 Å². The van der Waals surface area contributed by atoms with Crippen molar-refractivity contribution < 1.29 is 19.4 Å². The van der Waals surface area contributed by atoms with E-state index < -0.39 is 0 Å². The lowest BCUT2D eigenvalue weighted by molar-refractivity contribution is -0.187. The third kappa shape index (κ3) is 4.84. The lowest BCUT2D eigenvalue weighted by Gasteiger charge is -2.72. The van der Waals surface area contributed by atoms with Crippen molar-refractivity contribution in [1.82, 2.24) is 39.7 Å². The van der Waals surface area contributed by atoms with Crippen LogP contribution in [-0.4, -0.2) is 96.3 Å². The summed E-state index contributed by atoms with van der Waals surface area (Å²) >= 11 is 0. The highest BCUT2D eigenvalue weighted by Crippen LogP contribution is 2.70. The topological polar surface area (TPSA) is 161 Å². The molecule has 0 unspecified atom stereocenters. The number of aryl methyl sites for hydroxylation is 1.